The first-order valence-electron chi connectivity index (χ1n) is 11.1. The number of benzene rings is 2. The zero-order valence-electron chi connectivity index (χ0n) is 18.4. The van der Waals surface area contributed by atoms with Crippen molar-refractivity contribution in [3.8, 4) is 17.0 Å². The molecule has 31 heavy (non-hydrogen) atoms. The Balaban J connectivity index is 1.54. The van der Waals surface area contributed by atoms with Crippen molar-refractivity contribution in [2.75, 3.05) is 6.61 Å². The monoisotopic (exact) mass is 422 g/mol. The van der Waals surface area contributed by atoms with Gasteiger partial charge in [-0.25, -0.2) is 9.37 Å². The van der Waals surface area contributed by atoms with Gasteiger partial charge in [0, 0.05) is 18.2 Å². The third-order valence-electron chi connectivity index (χ3n) is 5.24. The Labute approximate surface area is 183 Å². The lowest BCUT2D eigenvalue weighted by Crippen LogP contribution is -2.08. The number of nitrogens with zero attached hydrogens (tertiary/aromatic N) is 2. The molecule has 0 radical (unpaired) electrons. The van der Waals surface area contributed by atoms with E-state index in [-0.39, 0.29) is 5.75 Å². The Hall–Kier alpha value is -2.79. The van der Waals surface area contributed by atoms with E-state index < -0.39 is 5.82 Å². The second-order valence-electron chi connectivity index (χ2n) is 7.89. The minimum absolute atomic E-state index is 0.111. The molecular weight excluding hydrogens is 391 g/mol. The van der Waals surface area contributed by atoms with Crippen molar-refractivity contribution in [1.82, 2.24) is 9.97 Å². The van der Waals surface area contributed by atoms with Crippen LogP contribution >= 0.6 is 0 Å². The standard InChI is InChI=1S/C26H31FN2O2/c1-3-4-8-15-31-19(2)9-6-5-7-10-20-11-14-24-25(16-20)28-18-26(29-24)22-13-12-21(30)17-23(22)27/h7,10-14,16-19,30H,3-6,8-9,15H2,1-2H3/b10-7+. The number of fused-ring (bicyclic) bond motifs is 1. The summed E-state index contributed by atoms with van der Waals surface area (Å²) in [6, 6.07) is 9.90. The maximum absolute atomic E-state index is 14.1. The zero-order chi connectivity index (χ0) is 22.1. The molecule has 0 amide bonds. The van der Waals surface area contributed by atoms with Crippen molar-refractivity contribution in [2.45, 2.75) is 58.5 Å². The summed E-state index contributed by atoms with van der Waals surface area (Å²) in [7, 11) is 0. The van der Waals surface area contributed by atoms with Gasteiger partial charge in [-0.1, -0.05) is 38.0 Å². The number of aromatic hydroxyl groups is 1. The third kappa shape index (κ3) is 6.86. The molecule has 5 heteroatoms. The van der Waals surface area contributed by atoms with Crippen molar-refractivity contribution in [3.63, 3.8) is 0 Å². The van der Waals surface area contributed by atoms with E-state index >= 15 is 0 Å². The van der Waals surface area contributed by atoms with Crippen LogP contribution in [0.3, 0.4) is 0 Å². The van der Waals surface area contributed by atoms with Crippen LogP contribution < -0.4 is 0 Å². The summed E-state index contributed by atoms with van der Waals surface area (Å²) in [5.74, 6) is -0.630. The van der Waals surface area contributed by atoms with Gasteiger partial charge < -0.3 is 9.84 Å². The van der Waals surface area contributed by atoms with Gasteiger partial charge in [0.05, 0.1) is 29.0 Å². The SMILES string of the molecule is CCCCCOC(C)CCC/C=C/c1ccc2nc(-c3ccc(O)cc3F)cnc2c1. The number of aromatic nitrogens is 2. The summed E-state index contributed by atoms with van der Waals surface area (Å²) in [6.45, 7) is 5.22. The highest BCUT2D eigenvalue weighted by Gasteiger charge is 2.09. The summed E-state index contributed by atoms with van der Waals surface area (Å²) in [5.41, 5.74) is 3.30. The molecule has 2 aromatic carbocycles. The zero-order valence-corrected chi connectivity index (χ0v) is 18.4. The quantitative estimate of drug-likeness (QED) is 0.341. The average Bonchev–Trinajstić information content (AvgIpc) is 2.76. The van der Waals surface area contributed by atoms with E-state index in [4.69, 9.17) is 4.74 Å². The number of phenolic OH excluding ortho intramolecular Hbond substituents is 1. The molecule has 4 nitrogen and oxygen atoms in total. The van der Waals surface area contributed by atoms with Crippen LogP contribution in [0.15, 0.2) is 48.7 Å². The fourth-order valence-electron chi connectivity index (χ4n) is 3.44. The Morgan fingerprint density at radius 1 is 1.10 bits per heavy atom. The topological polar surface area (TPSA) is 55.2 Å². The summed E-state index contributed by atoms with van der Waals surface area (Å²) in [5, 5.41) is 9.38. The Morgan fingerprint density at radius 2 is 1.97 bits per heavy atom. The lowest BCUT2D eigenvalue weighted by molar-refractivity contribution is 0.0566. The van der Waals surface area contributed by atoms with Crippen LogP contribution in [0, 0.1) is 5.82 Å². The molecule has 0 aliphatic heterocycles. The molecule has 0 saturated heterocycles. The largest absolute Gasteiger partial charge is 0.508 e. The highest BCUT2D eigenvalue weighted by molar-refractivity contribution is 5.79. The molecule has 1 aromatic heterocycles. The second-order valence-corrected chi connectivity index (χ2v) is 7.89. The number of rotatable bonds is 11. The minimum atomic E-state index is -0.520. The number of unbranched alkanes of at least 4 members (excludes halogenated alkanes) is 3. The van der Waals surface area contributed by atoms with E-state index in [9.17, 15) is 9.50 Å². The predicted octanol–water partition coefficient (Wildman–Crippen LogP) is 6.92. The molecule has 1 N–H and O–H groups in total. The van der Waals surface area contributed by atoms with Gasteiger partial charge in [0.2, 0.25) is 0 Å². The van der Waals surface area contributed by atoms with Gasteiger partial charge in [-0.05, 0) is 62.4 Å². The summed E-state index contributed by atoms with van der Waals surface area (Å²) < 4.78 is 19.9. The molecule has 0 fully saturated rings. The number of hydrogen-bond acceptors (Lipinski definition) is 4. The number of allylic oxidation sites excluding steroid dienone is 1. The fourth-order valence-corrected chi connectivity index (χ4v) is 3.44. The first-order chi connectivity index (χ1) is 15.1. The molecule has 1 unspecified atom stereocenters. The van der Waals surface area contributed by atoms with E-state index in [1.165, 1.54) is 25.0 Å². The molecule has 164 valence electrons. The average molecular weight is 423 g/mol. The van der Waals surface area contributed by atoms with Crippen molar-refractivity contribution in [3.05, 3.63) is 60.1 Å². The third-order valence-corrected chi connectivity index (χ3v) is 5.24. The first kappa shape index (κ1) is 22.9. The van der Waals surface area contributed by atoms with Crippen LogP contribution in [0.1, 0.15) is 57.9 Å². The van der Waals surface area contributed by atoms with Crippen LogP contribution in [-0.4, -0.2) is 27.8 Å². The molecule has 3 rings (SSSR count). The van der Waals surface area contributed by atoms with Crippen LogP contribution in [-0.2, 0) is 4.74 Å². The Kier molecular flexibility index (Phi) is 8.53. The lowest BCUT2D eigenvalue weighted by atomic mass is 10.1. The molecule has 3 aromatic rings. The Morgan fingerprint density at radius 3 is 2.77 bits per heavy atom. The summed E-state index contributed by atoms with van der Waals surface area (Å²) >= 11 is 0. The van der Waals surface area contributed by atoms with Crippen molar-refractivity contribution in [2.24, 2.45) is 0 Å². The molecule has 0 aliphatic carbocycles. The highest BCUT2D eigenvalue weighted by atomic mass is 19.1. The molecule has 0 aliphatic rings. The van der Waals surface area contributed by atoms with Crippen LogP contribution in [0.2, 0.25) is 0 Å². The van der Waals surface area contributed by atoms with E-state index in [0.29, 0.717) is 22.9 Å². The van der Waals surface area contributed by atoms with E-state index in [0.717, 1.165) is 49.4 Å². The summed E-state index contributed by atoms with van der Waals surface area (Å²) in [4.78, 5) is 8.97. The maximum Gasteiger partial charge on any atom is 0.136 e. The summed E-state index contributed by atoms with van der Waals surface area (Å²) in [6.07, 6.45) is 12.9. The number of halogens is 1. The number of hydrogen-bond donors (Lipinski definition) is 1. The van der Waals surface area contributed by atoms with Gasteiger partial charge >= 0.3 is 0 Å². The highest BCUT2D eigenvalue weighted by Crippen LogP contribution is 2.25. The van der Waals surface area contributed by atoms with E-state index in [2.05, 4.69) is 36.0 Å². The van der Waals surface area contributed by atoms with E-state index in [1.54, 1.807) is 6.20 Å². The molecule has 0 bridgehead atoms. The smallest absolute Gasteiger partial charge is 0.136 e. The molecule has 0 spiro atoms. The lowest BCUT2D eigenvalue weighted by Gasteiger charge is -2.12. The van der Waals surface area contributed by atoms with Crippen molar-refractivity contribution < 1.29 is 14.2 Å². The van der Waals surface area contributed by atoms with Gasteiger partial charge in [-0.2, -0.15) is 0 Å². The Bertz CT molecular complexity index is 1020. The maximum atomic E-state index is 14.1. The van der Waals surface area contributed by atoms with Gasteiger partial charge in [0.25, 0.3) is 0 Å². The number of phenols is 1. The fraction of sp³-hybridized carbons (Fsp3) is 0.385. The van der Waals surface area contributed by atoms with E-state index in [1.807, 2.05) is 18.2 Å². The van der Waals surface area contributed by atoms with Crippen LogP contribution in [0.4, 0.5) is 4.39 Å². The van der Waals surface area contributed by atoms with Gasteiger partial charge in [0.15, 0.2) is 0 Å². The molecular formula is C26H31FN2O2. The molecule has 1 heterocycles. The first-order valence-corrected chi connectivity index (χ1v) is 11.1. The van der Waals surface area contributed by atoms with Gasteiger partial charge in [0.1, 0.15) is 11.6 Å². The number of ether oxygens (including phenoxy) is 1. The predicted molar refractivity (Wildman–Crippen MR) is 124 cm³/mol. The van der Waals surface area contributed by atoms with Gasteiger partial charge in [-0.3, -0.25) is 4.98 Å². The minimum Gasteiger partial charge on any atom is -0.508 e. The van der Waals surface area contributed by atoms with Crippen molar-refractivity contribution in [1.29, 1.82) is 0 Å². The normalized spacial score (nSPS) is 12.6. The second kappa shape index (κ2) is 11.6. The molecule has 1 atom stereocenters. The van der Waals surface area contributed by atoms with Crippen LogP contribution in [0.5, 0.6) is 5.75 Å². The van der Waals surface area contributed by atoms with Crippen LogP contribution in [0.25, 0.3) is 28.4 Å². The van der Waals surface area contributed by atoms with Crippen molar-refractivity contribution >= 4 is 17.1 Å². The molecule has 0 saturated carbocycles. The van der Waals surface area contributed by atoms with Gasteiger partial charge in [-0.15, -0.1) is 0 Å².